The number of hydrogen-bond donors (Lipinski definition) is 2. The fraction of sp³-hybridized carbons (Fsp3) is 0.583. The molecular formula is C36H50N6O3. The van der Waals surface area contributed by atoms with Gasteiger partial charge in [0.15, 0.2) is 0 Å². The van der Waals surface area contributed by atoms with Gasteiger partial charge in [0.05, 0.1) is 24.0 Å². The number of nitrogens with one attached hydrogen (secondary N) is 1. The number of nitrogens with two attached hydrogens (primary N) is 1. The van der Waals surface area contributed by atoms with Crippen molar-refractivity contribution in [3.8, 4) is 11.3 Å². The number of ether oxygens (including phenoxy) is 1. The normalized spacial score (nSPS) is 26.2. The van der Waals surface area contributed by atoms with Crippen LogP contribution >= 0.6 is 0 Å². The molecule has 6 bridgehead atoms. The largest absolute Gasteiger partial charge is 0.464 e. The lowest BCUT2D eigenvalue weighted by atomic mass is 9.83. The van der Waals surface area contributed by atoms with Gasteiger partial charge in [-0.15, -0.1) is 0 Å². The number of piperidine rings is 1. The Hall–Kier alpha value is -3.27. The van der Waals surface area contributed by atoms with Crippen molar-refractivity contribution < 1.29 is 14.3 Å². The summed E-state index contributed by atoms with van der Waals surface area (Å²) < 4.78 is 8.45. The van der Waals surface area contributed by atoms with E-state index in [1.165, 1.54) is 33.3 Å². The van der Waals surface area contributed by atoms with Gasteiger partial charge >= 0.3 is 5.97 Å². The number of aromatic nitrogens is 2. The van der Waals surface area contributed by atoms with Crippen LogP contribution < -0.4 is 11.2 Å². The van der Waals surface area contributed by atoms with Crippen LogP contribution in [0.4, 0.5) is 0 Å². The number of aryl methyl sites for hydroxylation is 1. The SMILES string of the molecule is CCn1c(-c2cccnc2C(C)C)c2c3cc(ccc31)C1CCCN(C1)C[C@H](N)C(=O)N1CCC[C@H](N1)C(=O)OCC(C)(C)C2. The monoisotopic (exact) mass is 614 g/mol. The van der Waals surface area contributed by atoms with Gasteiger partial charge in [-0.2, -0.15) is 0 Å². The summed E-state index contributed by atoms with van der Waals surface area (Å²) in [7, 11) is 0. The summed E-state index contributed by atoms with van der Waals surface area (Å²) in [6, 6.07) is 10.0. The second-order valence-electron chi connectivity index (χ2n) is 14.4. The molecule has 9 nitrogen and oxygen atoms in total. The maximum absolute atomic E-state index is 13.4. The molecule has 3 N–H and O–H groups in total. The fourth-order valence-electron chi connectivity index (χ4n) is 7.65. The van der Waals surface area contributed by atoms with Gasteiger partial charge in [-0.1, -0.05) is 33.8 Å². The summed E-state index contributed by atoms with van der Waals surface area (Å²) in [5.74, 6) is 0.157. The number of benzene rings is 1. The maximum Gasteiger partial charge on any atom is 0.324 e. The Balaban J connectivity index is 1.49. The Morgan fingerprint density at radius 2 is 1.91 bits per heavy atom. The highest BCUT2D eigenvalue weighted by Gasteiger charge is 2.35. The molecule has 0 radical (unpaired) electrons. The van der Waals surface area contributed by atoms with E-state index >= 15 is 0 Å². The van der Waals surface area contributed by atoms with Crippen LogP contribution in [0.15, 0.2) is 36.5 Å². The molecule has 5 heterocycles. The highest BCUT2D eigenvalue weighted by molar-refractivity contribution is 5.93. The van der Waals surface area contributed by atoms with E-state index in [1.54, 1.807) is 5.01 Å². The summed E-state index contributed by atoms with van der Waals surface area (Å²) in [4.78, 5) is 33.9. The van der Waals surface area contributed by atoms with Gasteiger partial charge in [0, 0.05) is 54.3 Å². The zero-order valence-electron chi connectivity index (χ0n) is 27.6. The standard InChI is InChI=1S/C36H50N6O3/c1-6-41-31-14-13-24-18-27(31)28(33(41)26-11-7-15-38-32(26)23(2)3)19-36(4,5)22-45-35(44)30-12-9-17-42(39-30)34(43)29(37)21-40-16-8-10-25(24)20-40/h7,11,13-15,18,23,25,29-30,39H,6,8-10,12,16-17,19-22,37H2,1-5H3/t25?,29-,30-/m0/s1. The van der Waals surface area contributed by atoms with Crippen LogP contribution in [-0.4, -0.2) is 76.2 Å². The number of nitrogens with zero attached hydrogens (tertiary/aromatic N) is 4. The molecule has 4 atom stereocenters. The Morgan fingerprint density at radius 3 is 2.69 bits per heavy atom. The predicted molar refractivity (Wildman–Crippen MR) is 178 cm³/mol. The van der Waals surface area contributed by atoms with Crippen molar-refractivity contribution in [2.24, 2.45) is 11.1 Å². The predicted octanol–water partition coefficient (Wildman–Crippen LogP) is 4.97. The van der Waals surface area contributed by atoms with E-state index in [2.05, 4.69) is 73.8 Å². The maximum atomic E-state index is 13.4. The minimum atomic E-state index is -0.659. The molecule has 2 aromatic heterocycles. The van der Waals surface area contributed by atoms with E-state index in [4.69, 9.17) is 15.5 Å². The van der Waals surface area contributed by atoms with Crippen molar-refractivity contribution in [2.75, 3.05) is 32.8 Å². The number of esters is 1. The van der Waals surface area contributed by atoms with E-state index in [9.17, 15) is 9.59 Å². The molecular weight excluding hydrogens is 564 g/mol. The molecule has 0 spiro atoms. The molecule has 0 saturated carbocycles. The highest BCUT2D eigenvalue weighted by Crippen LogP contribution is 2.42. The topological polar surface area (TPSA) is 106 Å². The first-order chi connectivity index (χ1) is 21.6. The Bertz CT molecular complexity index is 1560. The van der Waals surface area contributed by atoms with Crippen molar-refractivity contribution in [2.45, 2.75) is 97.2 Å². The summed E-state index contributed by atoms with van der Waals surface area (Å²) >= 11 is 0. The van der Waals surface area contributed by atoms with Crippen LogP contribution in [0.5, 0.6) is 0 Å². The van der Waals surface area contributed by atoms with Crippen LogP contribution in [0, 0.1) is 5.41 Å². The van der Waals surface area contributed by atoms with Gasteiger partial charge in [0.25, 0.3) is 5.91 Å². The van der Waals surface area contributed by atoms with Gasteiger partial charge in [0.1, 0.15) is 6.04 Å². The first-order valence-corrected chi connectivity index (χ1v) is 16.9. The van der Waals surface area contributed by atoms with Gasteiger partial charge in [-0.25, -0.2) is 5.43 Å². The van der Waals surface area contributed by atoms with Crippen molar-refractivity contribution in [1.29, 1.82) is 0 Å². The third-order valence-electron chi connectivity index (χ3n) is 9.90. The molecule has 2 fully saturated rings. The van der Waals surface area contributed by atoms with Gasteiger partial charge < -0.3 is 19.9 Å². The third-order valence-corrected chi connectivity index (χ3v) is 9.90. The summed E-state index contributed by atoms with van der Waals surface area (Å²) in [5, 5.41) is 2.81. The quantitative estimate of drug-likeness (QED) is 0.401. The zero-order chi connectivity index (χ0) is 31.9. The van der Waals surface area contributed by atoms with Gasteiger partial charge in [0.2, 0.25) is 0 Å². The van der Waals surface area contributed by atoms with E-state index in [0.717, 1.165) is 51.0 Å². The van der Waals surface area contributed by atoms with Crippen molar-refractivity contribution >= 4 is 22.8 Å². The molecule has 6 rings (SSSR count). The third kappa shape index (κ3) is 6.40. The molecule has 1 aromatic carbocycles. The Labute approximate surface area is 267 Å². The molecule has 0 aliphatic carbocycles. The van der Waals surface area contributed by atoms with Gasteiger partial charge in [-0.05, 0) is 92.8 Å². The molecule has 3 aliphatic rings. The van der Waals surface area contributed by atoms with E-state index in [0.29, 0.717) is 25.4 Å². The van der Waals surface area contributed by atoms with Crippen molar-refractivity contribution in [3.05, 3.63) is 53.3 Å². The second-order valence-corrected chi connectivity index (χ2v) is 14.4. The summed E-state index contributed by atoms with van der Waals surface area (Å²) in [6.07, 6.45) is 6.16. The number of hydrogen-bond acceptors (Lipinski definition) is 7. The lowest BCUT2D eigenvalue weighted by Gasteiger charge is -2.37. The highest BCUT2D eigenvalue weighted by atomic mass is 16.5. The van der Waals surface area contributed by atoms with Crippen LogP contribution in [0.1, 0.15) is 89.0 Å². The first-order valence-electron chi connectivity index (χ1n) is 16.9. The first kappa shape index (κ1) is 31.7. The van der Waals surface area contributed by atoms with Crippen LogP contribution in [-0.2, 0) is 27.3 Å². The molecule has 9 heteroatoms. The molecule has 45 heavy (non-hydrogen) atoms. The van der Waals surface area contributed by atoms with Crippen molar-refractivity contribution in [3.63, 3.8) is 0 Å². The lowest BCUT2D eigenvalue weighted by Crippen LogP contribution is -2.60. The Morgan fingerprint density at radius 1 is 1.11 bits per heavy atom. The molecule has 1 amide bonds. The fourth-order valence-corrected chi connectivity index (χ4v) is 7.65. The van der Waals surface area contributed by atoms with Crippen LogP contribution in [0.25, 0.3) is 22.2 Å². The smallest absolute Gasteiger partial charge is 0.324 e. The van der Waals surface area contributed by atoms with Crippen molar-refractivity contribution in [1.82, 2.24) is 24.9 Å². The van der Waals surface area contributed by atoms with E-state index in [1.807, 2.05) is 12.3 Å². The molecule has 3 aromatic rings. The molecule has 242 valence electrons. The number of cyclic esters (lactones) is 1. The Kier molecular flexibility index (Phi) is 9.05. The summed E-state index contributed by atoms with van der Waals surface area (Å²) in [6.45, 7) is 14.9. The number of rotatable bonds is 3. The number of carbonyl (C=O) groups excluding carboxylic acids is 2. The van der Waals surface area contributed by atoms with Crippen LogP contribution in [0.2, 0.25) is 0 Å². The van der Waals surface area contributed by atoms with Crippen LogP contribution in [0.3, 0.4) is 0 Å². The number of amides is 1. The molecule has 2 unspecified atom stereocenters. The minimum absolute atomic E-state index is 0.160. The molecule has 2 saturated heterocycles. The number of hydrazine groups is 1. The average Bonchev–Trinajstić information content (AvgIpc) is 3.34. The lowest BCUT2D eigenvalue weighted by molar-refractivity contribution is -0.155. The van der Waals surface area contributed by atoms with Gasteiger partial charge in [-0.3, -0.25) is 19.6 Å². The summed E-state index contributed by atoms with van der Waals surface area (Å²) in [5.41, 5.74) is 16.6. The number of fused-ring (bicyclic) bond motifs is 6. The van der Waals surface area contributed by atoms with E-state index in [-0.39, 0.29) is 29.8 Å². The average molecular weight is 615 g/mol. The van der Waals surface area contributed by atoms with E-state index < -0.39 is 12.1 Å². The molecule has 3 aliphatic heterocycles. The second kappa shape index (κ2) is 12.9. The number of pyridine rings is 1. The number of carbonyl (C=O) groups is 2. The minimum Gasteiger partial charge on any atom is -0.464 e. The zero-order valence-corrected chi connectivity index (χ0v) is 27.6.